The minimum atomic E-state index is 0.328. The molecule has 0 saturated carbocycles. The fraction of sp³-hybridized carbons (Fsp3) is 0.200. The largest absolute Gasteiger partial charge is 0.454 e. The van der Waals surface area contributed by atoms with E-state index in [1.807, 2.05) is 6.07 Å². The van der Waals surface area contributed by atoms with E-state index in [-0.39, 0.29) is 0 Å². The molecule has 2 nitrogen and oxygen atoms in total. The maximum Gasteiger partial charge on any atom is 0.231 e. The van der Waals surface area contributed by atoms with Gasteiger partial charge in [-0.1, -0.05) is 71.9 Å². The Kier molecular flexibility index (Phi) is 3.21. The monoisotopic (exact) mass is 352 g/mol. The molecule has 0 spiro atoms. The van der Waals surface area contributed by atoms with Gasteiger partial charge in [-0.15, -0.1) is 0 Å². The third-order valence-electron chi connectivity index (χ3n) is 6.18. The molecule has 0 bridgehead atoms. The van der Waals surface area contributed by atoms with Crippen molar-refractivity contribution in [2.45, 2.75) is 18.8 Å². The molecule has 0 fully saturated rings. The molecule has 2 unspecified atom stereocenters. The van der Waals surface area contributed by atoms with Crippen molar-refractivity contribution < 1.29 is 9.47 Å². The molecule has 0 radical (unpaired) electrons. The molecule has 3 aliphatic carbocycles. The van der Waals surface area contributed by atoms with Gasteiger partial charge in [-0.3, -0.25) is 0 Å². The van der Waals surface area contributed by atoms with E-state index in [0.717, 1.165) is 24.3 Å². The highest BCUT2D eigenvalue weighted by molar-refractivity contribution is 5.76. The lowest BCUT2D eigenvalue weighted by molar-refractivity contribution is 0.174. The summed E-state index contributed by atoms with van der Waals surface area (Å²) < 4.78 is 11.0. The smallest absolute Gasteiger partial charge is 0.231 e. The maximum absolute atomic E-state index is 5.55. The Balaban J connectivity index is 1.25. The van der Waals surface area contributed by atoms with E-state index in [0.29, 0.717) is 18.6 Å². The molecular weight excluding hydrogens is 332 g/mol. The topological polar surface area (TPSA) is 18.5 Å². The van der Waals surface area contributed by atoms with Crippen LogP contribution in [0.2, 0.25) is 0 Å². The maximum atomic E-state index is 5.55. The van der Waals surface area contributed by atoms with Crippen LogP contribution in [0.1, 0.15) is 35.4 Å². The third-order valence-corrected chi connectivity index (χ3v) is 6.18. The van der Waals surface area contributed by atoms with Gasteiger partial charge in [0.25, 0.3) is 0 Å². The number of rotatable bonds is 3. The molecule has 4 aliphatic rings. The van der Waals surface area contributed by atoms with Crippen LogP contribution >= 0.6 is 0 Å². The molecule has 27 heavy (non-hydrogen) atoms. The summed E-state index contributed by atoms with van der Waals surface area (Å²) >= 11 is 0. The Labute approximate surface area is 159 Å². The first kappa shape index (κ1) is 15.1. The van der Waals surface area contributed by atoms with E-state index >= 15 is 0 Å². The highest BCUT2D eigenvalue weighted by atomic mass is 16.7. The summed E-state index contributed by atoms with van der Waals surface area (Å²) in [6, 6.07) is 15.1. The van der Waals surface area contributed by atoms with Gasteiger partial charge in [0, 0.05) is 11.8 Å². The summed E-state index contributed by atoms with van der Waals surface area (Å²) in [7, 11) is 0. The summed E-state index contributed by atoms with van der Waals surface area (Å²) in [5.41, 5.74) is 8.54. The second kappa shape index (κ2) is 5.75. The highest BCUT2D eigenvalue weighted by Crippen LogP contribution is 2.47. The lowest BCUT2D eigenvalue weighted by Gasteiger charge is -2.16. The lowest BCUT2D eigenvalue weighted by atomic mass is 9.88. The summed E-state index contributed by atoms with van der Waals surface area (Å²) in [5, 5.41) is 0. The first-order valence-corrected chi connectivity index (χ1v) is 9.62. The summed E-state index contributed by atoms with van der Waals surface area (Å²) in [5.74, 6) is 2.68. The second-order valence-corrected chi connectivity index (χ2v) is 7.70. The zero-order chi connectivity index (χ0) is 17.8. The number of hydrogen-bond donors (Lipinski definition) is 0. The van der Waals surface area contributed by atoms with Crippen molar-refractivity contribution in [3.05, 3.63) is 94.6 Å². The molecule has 6 rings (SSSR count). The fourth-order valence-electron chi connectivity index (χ4n) is 4.77. The molecule has 1 heterocycles. The number of allylic oxidation sites excluding steroid dienone is 7. The Morgan fingerprint density at radius 3 is 2.89 bits per heavy atom. The average Bonchev–Trinajstić information content (AvgIpc) is 3.46. The Morgan fingerprint density at radius 2 is 1.89 bits per heavy atom. The van der Waals surface area contributed by atoms with Gasteiger partial charge in [0.2, 0.25) is 6.79 Å². The van der Waals surface area contributed by atoms with Gasteiger partial charge in [-0.25, -0.2) is 0 Å². The predicted molar refractivity (Wildman–Crippen MR) is 108 cm³/mol. The Bertz CT molecular complexity index is 1070. The van der Waals surface area contributed by atoms with Crippen LogP contribution in [-0.2, 0) is 0 Å². The fourth-order valence-corrected chi connectivity index (χ4v) is 4.77. The van der Waals surface area contributed by atoms with Crippen LogP contribution in [0.4, 0.5) is 0 Å². The summed E-state index contributed by atoms with van der Waals surface area (Å²) in [4.78, 5) is 0. The van der Waals surface area contributed by atoms with Crippen LogP contribution < -0.4 is 9.47 Å². The normalized spacial score (nSPS) is 23.8. The van der Waals surface area contributed by atoms with Crippen LogP contribution in [0.5, 0.6) is 11.5 Å². The van der Waals surface area contributed by atoms with Crippen LogP contribution in [0.25, 0.3) is 11.6 Å². The van der Waals surface area contributed by atoms with Gasteiger partial charge in [0.15, 0.2) is 11.5 Å². The van der Waals surface area contributed by atoms with Gasteiger partial charge in [-0.2, -0.15) is 0 Å². The van der Waals surface area contributed by atoms with Crippen molar-refractivity contribution in [2.75, 3.05) is 6.79 Å². The minimum absolute atomic E-state index is 0.328. The van der Waals surface area contributed by atoms with Crippen molar-refractivity contribution >= 4 is 11.6 Å². The predicted octanol–water partition coefficient (Wildman–Crippen LogP) is 5.89. The molecule has 2 atom stereocenters. The first-order valence-electron chi connectivity index (χ1n) is 9.62. The van der Waals surface area contributed by atoms with Gasteiger partial charge >= 0.3 is 0 Å². The van der Waals surface area contributed by atoms with E-state index in [1.54, 1.807) is 0 Å². The molecule has 0 saturated heterocycles. The van der Waals surface area contributed by atoms with Crippen molar-refractivity contribution in [3.8, 4) is 11.5 Å². The third kappa shape index (κ3) is 2.40. The van der Waals surface area contributed by atoms with E-state index in [4.69, 9.17) is 9.47 Å². The molecule has 132 valence electrons. The minimum Gasteiger partial charge on any atom is -0.454 e. The lowest BCUT2D eigenvalue weighted by Crippen LogP contribution is -2.02. The molecule has 2 heteroatoms. The van der Waals surface area contributed by atoms with Crippen molar-refractivity contribution in [1.29, 1.82) is 0 Å². The van der Waals surface area contributed by atoms with Crippen LogP contribution in [0.15, 0.2) is 77.9 Å². The van der Waals surface area contributed by atoms with E-state index in [1.165, 1.54) is 33.4 Å². The molecule has 0 aromatic heterocycles. The van der Waals surface area contributed by atoms with E-state index in [2.05, 4.69) is 66.8 Å². The van der Waals surface area contributed by atoms with Gasteiger partial charge in [0.1, 0.15) is 0 Å². The van der Waals surface area contributed by atoms with Crippen LogP contribution in [0.3, 0.4) is 0 Å². The summed E-state index contributed by atoms with van der Waals surface area (Å²) in [6.07, 6.45) is 13.9. The standard InChI is InChI=1S/C25H20O2/c1-2-4-22-16(3-1)5-6-18(22)11-19-7-8-20-12-21(13-23(19)20)17-9-10-24-25(14-17)27-15-26-24/h1-10,13-14,18,23H,11-12,15H2. The number of benzene rings is 2. The van der Waals surface area contributed by atoms with Gasteiger partial charge in [-0.05, 0) is 47.2 Å². The zero-order valence-corrected chi connectivity index (χ0v) is 15.0. The van der Waals surface area contributed by atoms with Crippen LogP contribution in [0, 0.1) is 5.92 Å². The highest BCUT2D eigenvalue weighted by Gasteiger charge is 2.30. The van der Waals surface area contributed by atoms with Crippen molar-refractivity contribution in [2.24, 2.45) is 5.92 Å². The number of hydrogen-bond acceptors (Lipinski definition) is 2. The van der Waals surface area contributed by atoms with E-state index < -0.39 is 0 Å². The molecule has 2 aromatic rings. The number of fused-ring (bicyclic) bond motifs is 3. The first-order chi connectivity index (χ1) is 13.3. The Hall–Kier alpha value is -3.00. The molecule has 2 aromatic carbocycles. The average molecular weight is 352 g/mol. The summed E-state index contributed by atoms with van der Waals surface area (Å²) in [6.45, 7) is 0.328. The van der Waals surface area contributed by atoms with Crippen LogP contribution in [-0.4, -0.2) is 6.79 Å². The molecular formula is C25H20O2. The molecule has 0 N–H and O–H groups in total. The van der Waals surface area contributed by atoms with Crippen molar-refractivity contribution in [3.63, 3.8) is 0 Å². The SMILES string of the molecule is C1=CC(CC2=CC=C3CC(c4ccc5c(c4)OCO5)=CC32)c2ccccc21. The van der Waals surface area contributed by atoms with Gasteiger partial charge in [0.05, 0.1) is 0 Å². The molecule has 1 aliphatic heterocycles. The number of ether oxygens (including phenoxy) is 2. The molecule has 0 amide bonds. The second-order valence-electron chi connectivity index (χ2n) is 7.70. The zero-order valence-electron chi connectivity index (χ0n) is 15.0. The Morgan fingerprint density at radius 1 is 0.963 bits per heavy atom. The van der Waals surface area contributed by atoms with E-state index in [9.17, 15) is 0 Å². The van der Waals surface area contributed by atoms with Gasteiger partial charge < -0.3 is 9.47 Å². The van der Waals surface area contributed by atoms with Crippen molar-refractivity contribution in [1.82, 2.24) is 0 Å². The quantitative estimate of drug-likeness (QED) is 0.686.